The average molecular weight is 494 g/mol. The van der Waals surface area contributed by atoms with Crippen LogP contribution in [0.1, 0.15) is 20.7 Å². The smallest absolute Gasteiger partial charge is 0.489 e. The van der Waals surface area contributed by atoms with E-state index in [1.165, 1.54) is 30.5 Å². The van der Waals surface area contributed by atoms with Crippen LogP contribution in [0.15, 0.2) is 54.7 Å². The summed E-state index contributed by atoms with van der Waals surface area (Å²) < 4.78 is 46.5. The summed E-state index contributed by atoms with van der Waals surface area (Å²) in [5.41, 5.74) is 0.849. The number of pyridine rings is 1. The lowest BCUT2D eigenvalue weighted by atomic mass is 10.1. The van der Waals surface area contributed by atoms with Crippen molar-refractivity contribution in [3.63, 3.8) is 0 Å². The monoisotopic (exact) mass is 493 g/mol. The number of carbonyl (C=O) groups excluding carboxylic acids is 1. The number of aromatic nitrogens is 1. The number of halogens is 4. The van der Waals surface area contributed by atoms with Crippen molar-refractivity contribution in [2.24, 2.45) is 0 Å². The van der Waals surface area contributed by atoms with E-state index in [0.717, 1.165) is 12.1 Å². The molecule has 8 nitrogen and oxygen atoms in total. The maximum atomic E-state index is 12.9. The minimum Gasteiger partial charge on any atom is -0.489 e. The van der Waals surface area contributed by atoms with Gasteiger partial charge in [0.15, 0.2) is 11.6 Å². The highest BCUT2D eigenvalue weighted by atomic mass is 35.5. The molecule has 0 bridgehead atoms. The van der Waals surface area contributed by atoms with Crippen LogP contribution in [0.4, 0.5) is 30.4 Å². The number of para-hydroxylation sites is 1. The van der Waals surface area contributed by atoms with E-state index in [9.17, 15) is 22.8 Å². The number of amides is 1. The van der Waals surface area contributed by atoms with Gasteiger partial charge in [-0.2, -0.15) is 0 Å². The van der Waals surface area contributed by atoms with Crippen LogP contribution in [0.2, 0.25) is 5.02 Å². The molecule has 2 N–H and O–H groups in total. The molecule has 0 fully saturated rings. The van der Waals surface area contributed by atoms with Gasteiger partial charge in [0.2, 0.25) is 0 Å². The van der Waals surface area contributed by atoms with Crippen LogP contribution >= 0.6 is 11.6 Å². The van der Waals surface area contributed by atoms with Crippen LogP contribution < -0.4 is 19.7 Å². The SMILES string of the molecule is O=C(O)c1cnc(N2CCOc3c(C(=O)Nc4ccc(OC(F)(F)F)cc4)cccc32)c(Cl)c1. The van der Waals surface area contributed by atoms with Crippen molar-refractivity contribution in [1.29, 1.82) is 0 Å². The molecule has 2 aromatic carbocycles. The van der Waals surface area contributed by atoms with E-state index < -0.39 is 24.0 Å². The minimum absolute atomic E-state index is 0.0676. The van der Waals surface area contributed by atoms with E-state index in [1.807, 2.05) is 0 Å². The van der Waals surface area contributed by atoms with E-state index in [0.29, 0.717) is 18.1 Å². The van der Waals surface area contributed by atoms with Gasteiger partial charge in [0.1, 0.15) is 12.4 Å². The van der Waals surface area contributed by atoms with Crippen LogP contribution in [0.3, 0.4) is 0 Å². The standard InChI is InChI=1S/C22H15ClF3N3O5/c23-16-10-12(21(31)32)11-27-19(16)29-8-9-33-18-15(2-1-3-17(18)29)20(30)28-13-4-6-14(7-5-13)34-22(24,25)26/h1-7,10-11H,8-9H2,(H,28,30)(H,31,32). The quantitative estimate of drug-likeness (QED) is 0.509. The maximum absolute atomic E-state index is 12.9. The number of ether oxygens (including phenoxy) is 2. The molecule has 0 spiro atoms. The molecule has 0 saturated heterocycles. The Kier molecular flexibility index (Phi) is 6.20. The molecule has 176 valence electrons. The number of nitrogens with zero attached hydrogens (tertiary/aromatic N) is 2. The third-order valence-corrected chi connectivity index (χ3v) is 5.04. The zero-order valence-corrected chi connectivity index (χ0v) is 17.9. The summed E-state index contributed by atoms with van der Waals surface area (Å²) in [7, 11) is 0. The molecule has 0 aliphatic carbocycles. The van der Waals surface area contributed by atoms with E-state index in [-0.39, 0.29) is 34.2 Å². The Balaban J connectivity index is 1.59. The van der Waals surface area contributed by atoms with E-state index >= 15 is 0 Å². The van der Waals surface area contributed by atoms with Crippen molar-refractivity contribution in [3.8, 4) is 11.5 Å². The Morgan fingerprint density at radius 3 is 2.56 bits per heavy atom. The molecule has 1 aliphatic rings. The third-order valence-electron chi connectivity index (χ3n) is 4.76. The van der Waals surface area contributed by atoms with Gasteiger partial charge in [0, 0.05) is 11.9 Å². The highest BCUT2D eigenvalue weighted by Gasteiger charge is 2.31. The van der Waals surface area contributed by atoms with Crippen LogP contribution in [0.25, 0.3) is 0 Å². The third kappa shape index (κ3) is 4.99. The zero-order chi connectivity index (χ0) is 24.5. The second-order valence-corrected chi connectivity index (χ2v) is 7.42. The maximum Gasteiger partial charge on any atom is 0.573 e. The summed E-state index contributed by atoms with van der Waals surface area (Å²) in [4.78, 5) is 29.9. The van der Waals surface area contributed by atoms with Gasteiger partial charge in [-0.3, -0.25) is 4.79 Å². The van der Waals surface area contributed by atoms with Crippen molar-refractivity contribution < 1.29 is 37.3 Å². The number of aromatic carboxylic acids is 1. The largest absolute Gasteiger partial charge is 0.573 e. The summed E-state index contributed by atoms with van der Waals surface area (Å²) in [5, 5.41) is 11.8. The van der Waals surface area contributed by atoms with Crippen LogP contribution in [-0.2, 0) is 0 Å². The molecule has 1 aliphatic heterocycles. The molecule has 3 aromatic rings. The van der Waals surface area contributed by atoms with Gasteiger partial charge in [-0.25, -0.2) is 9.78 Å². The second kappa shape index (κ2) is 9.10. The lowest BCUT2D eigenvalue weighted by Gasteiger charge is -2.32. The van der Waals surface area contributed by atoms with Crippen molar-refractivity contribution in [1.82, 2.24) is 4.98 Å². The van der Waals surface area contributed by atoms with Gasteiger partial charge in [0.05, 0.1) is 28.4 Å². The average Bonchev–Trinajstić information content (AvgIpc) is 2.78. The van der Waals surface area contributed by atoms with Crippen LogP contribution in [0, 0.1) is 0 Å². The molecule has 1 aromatic heterocycles. The van der Waals surface area contributed by atoms with E-state index in [4.69, 9.17) is 21.4 Å². The number of fused-ring (bicyclic) bond motifs is 1. The number of hydrogen-bond acceptors (Lipinski definition) is 6. The fourth-order valence-electron chi connectivity index (χ4n) is 3.33. The normalized spacial score (nSPS) is 13.0. The lowest BCUT2D eigenvalue weighted by Crippen LogP contribution is -2.31. The van der Waals surface area contributed by atoms with Gasteiger partial charge in [-0.1, -0.05) is 17.7 Å². The summed E-state index contributed by atoms with van der Waals surface area (Å²) in [5.74, 6) is -1.58. The Bertz CT molecular complexity index is 1250. The minimum atomic E-state index is -4.82. The molecule has 1 amide bonds. The molecule has 0 saturated carbocycles. The van der Waals surface area contributed by atoms with E-state index in [1.54, 1.807) is 17.0 Å². The summed E-state index contributed by atoms with van der Waals surface area (Å²) in [6.07, 6.45) is -3.63. The number of carboxylic acids is 1. The molecule has 4 rings (SSSR count). The first kappa shape index (κ1) is 23.2. The highest BCUT2D eigenvalue weighted by Crippen LogP contribution is 2.41. The summed E-state index contributed by atoms with van der Waals surface area (Å²) >= 11 is 6.27. The molecule has 34 heavy (non-hydrogen) atoms. The first-order chi connectivity index (χ1) is 16.1. The lowest BCUT2D eigenvalue weighted by molar-refractivity contribution is -0.274. The number of carbonyl (C=O) groups is 2. The second-order valence-electron chi connectivity index (χ2n) is 7.01. The molecular weight excluding hydrogens is 479 g/mol. The first-order valence-corrected chi connectivity index (χ1v) is 10.1. The number of rotatable bonds is 5. The number of benzene rings is 2. The molecule has 0 atom stereocenters. The Labute approximate surface area is 195 Å². The van der Waals surface area contributed by atoms with Gasteiger partial charge >= 0.3 is 12.3 Å². The van der Waals surface area contributed by atoms with Gasteiger partial charge in [-0.05, 0) is 42.5 Å². The fraction of sp³-hybridized carbons (Fsp3) is 0.136. The van der Waals surface area contributed by atoms with E-state index in [2.05, 4.69) is 15.0 Å². The molecule has 0 unspecified atom stereocenters. The molecule has 2 heterocycles. The highest BCUT2D eigenvalue weighted by molar-refractivity contribution is 6.33. The number of anilines is 3. The van der Waals surface area contributed by atoms with Gasteiger partial charge < -0.3 is 24.8 Å². The van der Waals surface area contributed by atoms with Gasteiger partial charge in [-0.15, -0.1) is 13.2 Å². The van der Waals surface area contributed by atoms with Crippen LogP contribution in [0.5, 0.6) is 11.5 Å². The van der Waals surface area contributed by atoms with Gasteiger partial charge in [0.25, 0.3) is 5.91 Å². The predicted octanol–water partition coefficient (Wildman–Crippen LogP) is 5.11. The molecule has 0 radical (unpaired) electrons. The number of carboxylic acid groups (broad SMARTS) is 1. The number of hydrogen-bond donors (Lipinski definition) is 2. The Morgan fingerprint density at radius 2 is 1.91 bits per heavy atom. The number of nitrogens with one attached hydrogen (secondary N) is 1. The topological polar surface area (TPSA) is 101 Å². The Hall–Kier alpha value is -3.99. The van der Waals surface area contributed by atoms with Crippen LogP contribution in [-0.4, -0.2) is 41.5 Å². The summed E-state index contributed by atoms with van der Waals surface area (Å²) in [6.45, 7) is 0.539. The predicted molar refractivity (Wildman–Crippen MR) is 116 cm³/mol. The molecule has 12 heteroatoms. The fourth-order valence-corrected chi connectivity index (χ4v) is 3.60. The van der Waals surface area contributed by atoms with Crippen molar-refractivity contribution in [2.75, 3.05) is 23.4 Å². The zero-order valence-electron chi connectivity index (χ0n) is 17.1. The van der Waals surface area contributed by atoms with Crippen molar-refractivity contribution >= 4 is 40.7 Å². The Morgan fingerprint density at radius 1 is 1.18 bits per heavy atom. The number of alkyl halides is 3. The summed E-state index contributed by atoms with van der Waals surface area (Å²) in [6, 6.07) is 10.8. The first-order valence-electron chi connectivity index (χ1n) is 9.72. The molecular formula is C22H15ClF3N3O5. The van der Waals surface area contributed by atoms with Crippen molar-refractivity contribution in [3.05, 3.63) is 70.9 Å². The van der Waals surface area contributed by atoms with Crippen molar-refractivity contribution in [2.45, 2.75) is 6.36 Å².